The molecule has 5 nitrogen and oxygen atoms in total. The molecule has 0 aliphatic carbocycles. The lowest BCUT2D eigenvalue weighted by Gasteiger charge is -2.42. The Bertz CT molecular complexity index is 634. The summed E-state index contributed by atoms with van der Waals surface area (Å²) in [5, 5.41) is 0. The zero-order valence-electron chi connectivity index (χ0n) is 17.3. The second-order valence-electron chi connectivity index (χ2n) is 8.64. The van der Waals surface area contributed by atoms with Gasteiger partial charge in [0.25, 0.3) is 0 Å². The second-order valence-corrected chi connectivity index (χ2v) is 8.64. The van der Waals surface area contributed by atoms with E-state index in [4.69, 9.17) is 4.74 Å². The Labute approximate surface area is 169 Å². The predicted molar refractivity (Wildman–Crippen MR) is 113 cm³/mol. The van der Waals surface area contributed by atoms with Crippen LogP contribution in [0.4, 0.5) is 5.69 Å². The molecule has 0 aromatic heterocycles. The van der Waals surface area contributed by atoms with E-state index in [-0.39, 0.29) is 5.91 Å². The molecule has 3 aliphatic rings. The average molecular weight is 386 g/mol. The van der Waals surface area contributed by atoms with Gasteiger partial charge in [0.15, 0.2) is 0 Å². The van der Waals surface area contributed by atoms with Crippen molar-refractivity contribution in [1.29, 1.82) is 0 Å². The molecule has 28 heavy (non-hydrogen) atoms. The molecule has 3 heterocycles. The molecule has 1 unspecified atom stereocenters. The summed E-state index contributed by atoms with van der Waals surface area (Å²) in [6, 6.07) is 9.39. The van der Waals surface area contributed by atoms with Gasteiger partial charge in [-0.25, -0.2) is 0 Å². The number of benzene rings is 1. The fraction of sp³-hybridized carbons (Fsp3) is 0.696. The third-order valence-electron chi connectivity index (χ3n) is 6.84. The number of rotatable bonds is 5. The normalized spacial score (nSPS) is 24.7. The van der Waals surface area contributed by atoms with Gasteiger partial charge in [-0.15, -0.1) is 0 Å². The summed E-state index contributed by atoms with van der Waals surface area (Å²) in [6.45, 7) is 6.43. The number of nitrogens with zero attached hydrogens (tertiary/aromatic N) is 3. The topological polar surface area (TPSA) is 36.0 Å². The van der Waals surface area contributed by atoms with Gasteiger partial charge in [0.05, 0.1) is 12.5 Å². The first-order valence-electron chi connectivity index (χ1n) is 11.1. The van der Waals surface area contributed by atoms with Crippen molar-refractivity contribution >= 4 is 11.6 Å². The van der Waals surface area contributed by atoms with Crippen molar-refractivity contribution in [2.45, 2.75) is 57.1 Å². The van der Waals surface area contributed by atoms with Crippen LogP contribution in [0.15, 0.2) is 24.3 Å². The van der Waals surface area contributed by atoms with E-state index in [2.05, 4.69) is 34.1 Å². The summed E-state index contributed by atoms with van der Waals surface area (Å²) < 4.78 is 5.59. The van der Waals surface area contributed by atoms with Crippen LogP contribution in [0.5, 0.6) is 0 Å². The van der Waals surface area contributed by atoms with Gasteiger partial charge >= 0.3 is 0 Å². The van der Waals surface area contributed by atoms with Crippen LogP contribution < -0.4 is 4.90 Å². The van der Waals surface area contributed by atoms with E-state index in [1.807, 2.05) is 12.0 Å². The smallest absolute Gasteiger partial charge is 0.226 e. The minimum absolute atomic E-state index is 0.280. The fourth-order valence-corrected chi connectivity index (χ4v) is 5.06. The summed E-state index contributed by atoms with van der Waals surface area (Å²) in [4.78, 5) is 19.5. The van der Waals surface area contributed by atoms with Gasteiger partial charge in [0, 0.05) is 51.6 Å². The molecule has 3 aliphatic heterocycles. The maximum Gasteiger partial charge on any atom is 0.226 e. The van der Waals surface area contributed by atoms with E-state index >= 15 is 0 Å². The summed E-state index contributed by atoms with van der Waals surface area (Å²) >= 11 is 0. The number of hydrogen-bond donors (Lipinski definition) is 0. The number of anilines is 1. The Kier molecular flexibility index (Phi) is 6.53. The van der Waals surface area contributed by atoms with E-state index in [9.17, 15) is 4.79 Å². The lowest BCUT2D eigenvalue weighted by molar-refractivity contribution is -0.129. The first-order valence-corrected chi connectivity index (χ1v) is 11.1. The van der Waals surface area contributed by atoms with E-state index in [0.29, 0.717) is 18.6 Å². The van der Waals surface area contributed by atoms with E-state index < -0.39 is 0 Å². The highest BCUT2D eigenvalue weighted by atomic mass is 16.5. The van der Waals surface area contributed by atoms with Crippen molar-refractivity contribution in [3.05, 3.63) is 29.8 Å². The highest BCUT2D eigenvalue weighted by Crippen LogP contribution is 2.26. The van der Waals surface area contributed by atoms with Crippen LogP contribution in [0, 0.1) is 0 Å². The molecule has 1 amide bonds. The number of likely N-dealkylation sites (tertiary alicyclic amines) is 2. The van der Waals surface area contributed by atoms with Crippen LogP contribution in [0.1, 0.15) is 44.1 Å². The minimum Gasteiger partial charge on any atom is -0.380 e. The van der Waals surface area contributed by atoms with Crippen LogP contribution in [-0.2, 0) is 16.0 Å². The molecule has 0 radical (unpaired) electrons. The van der Waals surface area contributed by atoms with Gasteiger partial charge in [-0.2, -0.15) is 0 Å². The summed E-state index contributed by atoms with van der Waals surface area (Å²) in [5.74, 6) is 0.280. The molecule has 0 saturated carbocycles. The van der Waals surface area contributed by atoms with Gasteiger partial charge in [-0.1, -0.05) is 12.1 Å². The molecule has 1 aromatic rings. The highest BCUT2D eigenvalue weighted by Gasteiger charge is 2.29. The number of carbonyl (C=O) groups is 1. The first-order chi connectivity index (χ1) is 13.7. The molecule has 5 heteroatoms. The Morgan fingerprint density at radius 3 is 2.36 bits per heavy atom. The van der Waals surface area contributed by atoms with E-state index in [1.165, 1.54) is 37.9 Å². The van der Waals surface area contributed by atoms with Crippen molar-refractivity contribution < 1.29 is 9.53 Å². The Balaban J connectivity index is 1.27. The molecular formula is C23H35N3O2. The molecule has 0 bridgehead atoms. The largest absolute Gasteiger partial charge is 0.380 e. The zero-order chi connectivity index (χ0) is 19.3. The monoisotopic (exact) mass is 385 g/mol. The fourth-order valence-electron chi connectivity index (χ4n) is 5.06. The van der Waals surface area contributed by atoms with Crippen molar-refractivity contribution in [3.63, 3.8) is 0 Å². The number of piperidine rings is 2. The molecule has 1 aromatic carbocycles. The minimum atomic E-state index is 0.280. The van der Waals surface area contributed by atoms with Crippen LogP contribution in [0.2, 0.25) is 0 Å². The average Bonchev–Trinajstić information content (AvgIpc) is 3.30. The standard InChI is InChI=1S/C23H35N3O2/c1-28-22-5-4-14-26(18-22)21-10-15-24(16-11-21)20-8-6-19(7-9-20)17-23(27)25-12-2-3-13-25/h6-9,21-22H,2-5,10-18H2,1H3. The van der Waals surface area contributed by atoms with Crippen molar-refractivity contribution in [3.8, 4) is 0 Å². The maximum absolute atomic E-state index is 12.3. The SMILES string of the molecule is COC1CCCN(C2CCN(c3ccc(CC(=O)N4CCCC4)cc3)CC2)C1. The number of methoxy groups -OCH3 is 1. The van der Waals surface area contributed by atoms with E-state index in [1.54, 1.807) is 0 Å². The Hall–Kier alpha value is -1.59. The van der Waals surface area contributed by atoms with Gasteiger partial charge in [0.2, 0.25) is 5.91 Å². The van der Waals surface area contributed by atoms with Crippen molar-refractivity contribution in [2.24, 2.45) is 0 Å². The molecule has 3 saturated heterocycles. The van der Waals surface area contributed by atoms with Gasteiger partial charge in [-0.3, -0.25) is 9.69 Å². The van der Waals surface area contributed by atoms with Gasteiger partial charge < -0.3 is 14.5 Å². The van der Waals surface area contributed by atoms with Gasteiger partial charge in [-0.05, 0) is 62.8 Å². The third kappa shape index (κ3) is 4.69. The molecule has 154 valence electrons. The molecule has 0 N–H and O–H groups in total. The van der Waals surface area contributed by atoms with Crippen molar-refractivity contribution in [1.82, 2.24) is 9.80 Å². The number of carbonyl (C=O) groups excluding carboxylic acids is 1. The van der Waals surface area contributed by atoms with Crippen molar-refractivity contribution in [2.75, 3.05) is 51.3 Å². The molecule has 1 atom stereocenters. The summed E-state index contributed by atoms with van der Waals surface area (Å²) in [5.41, 5.74) is 2.43. The number of hydrogen-bond acceptors (Lipinski definition) is 4. The van der Waals surface area contributed by atoms with Crippen LogP contribution >= 0.6 is 0 Å². The first kappa shape index (κ1) is 19.7. The number of amides is 1. The van der Waals surface area contributed by atoms with Gasteiger partial charge in [0.1, 0.15) is 0 Å². The third-order valence-corrected chi connectivity index (χ3v) is 6.84. The zero-order valence-corrected chi connectivity index (χ0v) is 17.3. The Morgan fingerprint density at radius 2 is 1.68 bits per heavy atom. The second kappa shape index (κ2) is 9.27. The number of ether oxygens (including phenoxy) is 1. The Morgan fingerprint density at radius 1 is 0.964 bits per heavy atom. The highest BCUT2D eigenvalue weighted by molar-refractivity contribution is 5.79. The summed E-state index contributed by atoms with van der Waals surface area (Å²) in [7, 11) is 1.85. The van der Waals surface area contributed by atoms with Crippen LogP contribution in [0.25, 0.3) is 0 Å². The lowest BCUT2D eigenvalue weighted by atomic mass is 9.98. The van der Waals surface area contributed by atoms with E-state index in [0.717, 1.165) is 51.1 Å². The predicted octanol–water partition coefficient (Wildman–Crippen LogP) is 2.93. The van der Waals surface area contributed by atoms with Crippen LogP contribution in [0.3, 0.4) is 0 Å². The lowest BCUT2D eigenvalue weighted by Crippen LogP contribution is -2.50. The summed E-state index contributed by atoms with van der Waals surface area (Å²) in [6.07, 6.45) is 8.20. The molecular weight excluding hydrogens is 350 g/mol. The quantitative estimate of drug-likeness (QED) is 0.781. The molecule has 0 spiro atoms. The van der Waals surface area contributed by atoms with Crippen LogP contribution in [-0.4, -0.2) is 74.2 Å². The molecule has 4 rings (SSSR count). The maximum atomic E-state index is 12.3. The molecule has 3 fully saturated rings.